The third-order valence-corrected chi connectivity index (χ3v) is 3.25. The summed E-state index contributed by atoms with van der Waals surface area (Å²) >= 11 is 0. The van der Waals surface area contributed by atoms with Gasteiger partial charge in [0.25, 0.3) is 0 Å². The molecule has 1 rings (SSSR count). The van der Waals surface area contributed by atoms with Gasteiger partial charge in [-0.1, -0.05) is 39.3 Å². The van der Waals surface area contributed by atoms with Crippen molar-refractivity contribution in [3.05, 3.63) is 29.3 Å². The number of aryl methyl sites for hydroxylation is 1. The zero-order chi connectivity index (χ0) is 12.7. The van der Waals surface area contributed by atoms with Crippen LogP contribution in [0.1, 0.15) is 44.7 Å². The van der Waals surface area contributed by atoms with Gasteiger partial charge in [-0.2, -0.15) is 0 Å². The van der Waals surface area contributed by atoms with Crippen LogP contribution in [-0.2, 0) is 13.0 Å². The van der Waals surface area contributed by atoms with Crippen molar-refractivity contribution in [2.75, 3.05) is 13.1 Å². The molecule has 0 radical (unpaired) electrons. The van der Waals surface area contributed by atoms with Crippen molar-refractivity contribution < 1.29 is 5.11 Å². The van der Waals surface area contributed by atoms with Gasteiger partial charge in [-0.15, -0.1) is 0 Å². The van der Waals surface area contributed by atoms with Gasteiger partial charge in [0.15, 0.2) is 0 Å². The van der Waals surface area contributed by atoms with Crippen LogP contribution >= 0.6 is 0 Å². The van der Waals surface area contributed by atoms with Gasteiger partial charge >= 0.3 is 0 Å². The number of benzene rings is 1. The van der Waals surface area contributed by atoms with Crippen LogP contribution < -0.4 is 0 Å². The normalized spacial score (nSPS) is 11.1. The standard InChI is InChI=1S/C15H25NO/c1-4-7-8-13-9-10-15(17)14(11-13)12-16(5-2)6-3/h9-11,17H,4-8,12H2,1-3H3. The van der Waals surface area contributed by atoms with Crippen molar-refractivity contribution in [1.29, 1.82) is 0 Å². The Bertz CT molecular complexity index is 332. The molecule has 0 heterocycles. The van der Waals surface area contributed by atoms with Crippen molar-refractivity contribution in [3.63, 3.8) is 0 Å². The fourth-order valence-corrected chi connectivity index (χ4v) is 1.99. The SMILES string of the molecule is CCCCc1ccc(O)c(CN(CC)CC)c1. The zero-order valence-electron chi connectivity index (χ0n) is 11.4. The minimum atomic E-state index is 0.428. The molecule has 17 heavy (non-hydrogen) atoms. The van der Waals surface area contributed by atoms with E-state index in [4.69, 9.17) is 0 Å². The van der Waals surface area contributed by atoms with Gasteiger partial charge in [-0.05, 0) is 37.6 Å². The number of nitrogens with zero attached hydrogens (tertiary/aromatic N) is 1. The summed E-state index contributed by atoms with van der Waals surface area (Å²) in [6.07, 6.45) is 3.55. The molecule has 1 N–H and O–H groups in total. The Morgan fingerprint density at radius 2 is 1.82 bits per heavy atom. The molecule has 1 aromatic carbocycles. The van der Waals surface area contributed by atoms with Crippen LogP contribution in [0.25, 0.3) is 0 Å². The summed E-state index contributed by atoms with van der Waals surface area (Å²) in [5.41, 5.74) is 2.40. The summed E-state index contributed by atoms with van der Waals surface area (Å²) in [6, 6.07) is 6.03. The fourth-order valence-electron chi connectivity index (χ4n) is 1.99. The van der Waals surface area contributed by atoms with Crippen LogP contribution in [0.5, 0.6) is 5.75 Å². The maximum atomic E-state index is 9.87. The van der Waals surface area contributed by atoms with Crippen LogP contribution in [0.15, 0.2) is 18.2 Å². The number of aromatic hydroxyl groups is 1. The summed E-state index contributed by atoms with van der Waals surface area (Å²) in [4.78, 5) is 2.32. The van der Waals surface area contributed by atoms with Gasteiger partial charge in [0.2, 0.25) is 0 Å². The van der Waals surface area contributed by atoms with E-state index >= 15 is 0 Å². The van der Waals surface area contributed by atoms with E-state index in [1.165, 1.54) is 18.4 Å². The Labute approximate surface area is 105 Å². The molecule has 0 atom stereocenters. The largest absolute Gasteiger partial charge is 0.508 e. The zero-order valence-corrected chi connectivity index (χ0v) is 11.4. The summed E-state index contributed by atoms with van der Waals surface area (Å²) in [5, 5.41) is 9.87. The van der Waals surface area contributed by atoms with E-state index in [0.29, 0.717) is 5.75 Å². The molecule has 0 spiro atoms. The number of rotatable bonds is 7. The molecule has 0 saturated heterocycles. The quantitative estimate of drug-likeness (QED) is 0.781. The van der Waals surface area contributed by atoms with Crippen LogP contribution in [0.2, 0.25) is 0 Å². The Morgan fingerprint density at radius 3 is 2.41 bits per heavy atom. The fraction of sp³-hybridized carbons (Fsp3) is 0.600. The Balaban J connectivity index is 2.75. The molecule has 0 amide bonds. The first-order chi connectivity index (χ1) is 8.21. The average Bonchev–Trinajstić information content (AvgIpc) is 2.36. The summed E-state index contributed by atoms with van der Waals surface area (Å²) in [6.45, 7) is 9.41. The number of phenols is 1. The minimum Gasteiger partial charge on any atom is -0.508 e. The molecule has 2 nitrogen and oxygen atoms in total. The molecule has 0 aliphatic carbocycles. The molecule has 0 unspecified atom stereocenters. The molecule has 1 aromatic rings. The maximum absolute atomic E-state index is 9.87. The van der Waals surface area contributed by atoms with Gasteiger partial charge in [-0.3, -0.25) is 4.90 Å². The number of hydrogen-bond acceptors (Lipinski definition) is 2. The molecule has 96 valence electrons. The van der Waals surface area contributed by atoms with Gasteiger partial charge < -0.3 is 5.11 Å². The lowest BCUT2D eigenvalue weighted by molar-refractivity contribution is 0.290. The molecular weight excluding hydrogens is 210 g/mol. The summed E-state index contributed by atoms with van der Waals surface area (Å²) in [5.74, 6) is 0.428. The molecule has 0 aliphatic rings. The highest BCUT2D eigenvalue weighted by Crippen LogP contribution is 2.21. The van der Waals surface area contributed by atoms with E-state index in [0.717, 1.165) is 31.6 Å². The number of phenolic OH excluding ortho intramolecular Hbond substituents is 1. The van der Waals surface area contributed by atoms with Crippen LogP contribution in [-0.4, -0.2) is 23.1 Å². The van der Waals surface area contributed by atoms with Gasteiger partial charge in [-0.25, -0.2) is 0 Å². The minimum absolute atomic E-state index is 0.428. The van der Waals surface area contributed by atoms with Gasteiger partial charge in [0.05, 0.1) is 0 Å². The first-order valence-corrected chi connectivity index (χ1v) is 6.74. The van der Waals surface area contributed by atoms with Crippen LogP contribution in [0.3, 0.4) is 0 Å². The van der Waals surface area contributed by atoms with Crippen LogP contribution in [0.4, 0.5) is 0 Å². The van der Waals surface area contributed by atoms with Gasteiger partial charge in [0.1, 0.15) is 5.75 Å². The van der Waals surface area contributed by atoms with Crippen molar-refractivity contribution in [1.82, 2.24) is 4.90 Å². The lowest BCUT2D eigenvalue weighted by Crippen LogP contribution is -2.22. The van der Waals surface area contributed by atoms with Crippen molar-refractivity contribution in [3.8, 4) is 5.75 Å². The molecule has 0 fully saturated rings. The highest BCUT2D eigenvalue weighted by Gasteiger charge is 2.06. The first-order valence-electron chi connectivity index (χ1n) is 6.74. The second-order valence-corrected chi connectivity index (χ2v) is 4.53. The van der Waals surface area contributed by atoms with Gasteiger partial charge in [0, 0.05) is 12.1 Å². The Kier molecular flexibility index (Phi) is 6.06. The molecule has 0 aliphatic heterocycles. The lowest BCUT2D eigenvalue weighted by Gasteiger charge is -2.19. The molecule has 0 bridgehead atoms. The Hall–Kier alpha value is -1.02. The predicted molar refractivity (Wildman–Crippen MR) is 73.3 cm³/mol. The van der Waals surface area contributed by atoms with E-state index in [1.807, 2.05) is 12.1 Å². The molecule has 0 aromatic heterocycles. The highest BCUT2D eigenvalue weighted by atomic mass is 16.3. The van der Waals surface area contributed by atoms with Crippen molar-refractivity contribution in [2.45, 2.75) is 46.6 Å². The van der Waals surface area contributed by atoms with Crippen molar-refractivity contribution >= 4 is 0 Å². The number of hydrogen-bond donors (Lipinski definition) is 1. The monoisotopic (exact) mass is 235 g/mol. The van der Waals surface area contributed by atoms with E-state index in [2.05, 4.69) is 31.7 Å². The lowest BCUT2D eigenvalue weighted by atomic mass is 10.0. The third-order valence-electron chi connectivity index (χ3n) is 3.25. The summed E-state index contributed by atoms with van der Waals surface area (Å²) < 4.78 is 0. The second kappa shape index (κ2) is 7.33. The second-order valence-electron chi connectivity index (χ2n) is 4.53. The third kappa shape index (κ3) is 4.39. The summed E-state index contributed by atoms with van der Waals surface area (Å²) in [7, 11) is 0. The molecule has 0 saturated carbocycles. The number of unbranched alkanes of at least 4 members (excludes halogenated alkanes) is 1. The topological polar surface area (TPSA) is 23.5 Å². The van der Waals surface area contributed by atoms with E-state index in [9.17, 15) is 5.11 Å². The average molecular weight is 235 g/mol. The van der Waals surface area contributed by atoms with Crippen molar-refractivity contribution in [2.24, 2.45) is 0 Å². The predicted octanol–water partition coefficient (Wildman–Crippen LogP) is 3.58. The van der Waals surface area contributed by atoms with E-state index in [-0.39, 0.29) is 0 Å². The van der Waals surface area contributed by atoms with E-state index in [1.54, 1.807) is 0 Å². The maximum Gasteiger partial charge on any atom is 0.120 e. The Morgan fingerprint density at radius 1 is 1.12 bits per heavy atom. The smallest absolute Gasteiger partial charge is 0.120 e. The highest BCUT2D eigenvalue weighted by molar-refractivity contribution is 5.36. The van der Waals surface area contributed by atoms with E-state index < -0.39 is 0 Å². The first kappa shape index (κ1) is 14.0. The van der Waals surface area contributed by atoms with Crippen LogP contribution in [0, 0.1) is 0 Å². The molecular formula is C15H25NO. The molecule has 2 heteroatoms.